The van der Waals surface area contributed by atoms with Crippen molar-refractivity contribution in [1.29, 1.82) is 0 Å². The number of allylic oxidation sites excluding steroid dienone is 1. The van der Waals surface area contributed by atoms with E-state index in [1.807, 2.05) is 0 Å². The van der Waals surface area contributed by atoms with Crippen molar-refractivity contribution in [3.8, 4) is 5.75 Å². The summed E-state index contributed by atoms with van der Waals surface area (Å²) < 4.78 is 5.38. The van der Waals surface area contributed by atoms with Crippen molar-refractivity contribution in [1.82, 2.24) is 4.98 Å². The maximum absolute atomic E-state index is 11.9. The minimum Gasteiger partial charge on any atom is -0.497 e. The average molecular weight is 314 g/mol. The van der Waals surface area contributed by atoms with Gasteiger partial charge >= 0.3 is 0 Å². The van der Waals surface area contributed by atoms with Crippen LogP contribution in [0, 0.1) is 0 Å². The van der Waals surface area contributed by atoms with Gasteiger partial charge in [0.1, 0.15) is 10.9 Å². The predicted octanol–water partition coefficient (Wildman–Crippen LogP) is 4.35. The van der Waals surface area contributed by atoms with E-state index < -0.39 is 0 Å². The molecule has 2 aromatic rings. The third-order valence-electron chi connectivity index (χ3n) is 2.34. The first kappa shape index (κ1) is 14.1. The van der Waals surface area contributed by atoms with Crippen molar-refractivity contribution in [2.75, 3.05) is 7.11 Å². The van der Waals surface area contributed by atoms with E-state index in [1.165, 1.54) is 17.4 Å². The van der Waals surface area contributed by atoms with Crippen molar-refractivity contribution in [2.45, 2.75) is 0 Å². The Kier molecular flexibility index (Phi) is 4.58. The number of ether oxygens (including phenoxy) is 1. The van der Waals surface area contributed by atoms with Crippen molar-refractivity contribution in [3.05, 3.63) is 50.4 Å². The van der Waals surface area contributed by atoms with Gasteiger partial charge in [-0.25, -0.2) is 4.98 Å². The van der Waals surface area contributed by atoms with Crippen LogP contribution in [-0.2, 0) is 0 Å². The van der Waals surface area contributed by atoms with Crippen molar-refractivity contribution in [3.63, 3.8) is 0 Å². The van der Waals surface area contributed by atoms with E-state index in [-0.39, 0.29) is 5.78 Å². The Labute approximate surface area is 124 Å². The number of carbonyl (C=O) groups is 1. The second-order valence-electron chi connectivity index (χ2n) is 3.55. The highest BCUT2D eigenvalue weighted by Gasteiger charge is 2.06. The van der Waals surface area contributed by atoms with Gasteiger partial charge in [-0.05, 0) is 36.4 Å². The van der Waals surface area contributed by atoms with Gasteiger partial charge in [0.15, 0.2) is 10.3 Å². The molecule has 6 heteroatoms. The Morgan fingerprint density at radius 1 is 1.32 bits per heavy atom. The Hall–Kier alpha value is -1.36. The topological polar surface area (TPSA) is 39.2 Å². The van der Waals surface area contributed by atoms with Crippen molar-refractivity contribution < 1.29 is 9.53 Å². The lowest BCUT2D eigenvalue weighted by Gasteiger charge is -1.99. The number of hydrogen-bond donors (Lipinski definition) is 0. The molecule has 0 fully saturated rings. The molecular weight excluding hydrogens is 305 g/mol. The van der Waals surface area contributed by atoms with Gasteiger partial charge in [0, 0.05) is 5.56 Å². The van der Waals surface area contributed by atoms with Gasteiger partial charge in [-0.3, -0.25) is 4.79 Å². The molecule has 0 unspecified atom stereocenters. The molecule has 0 spiro atoms. The maximum Gasteiger partial charge on any atom is 0.185 e. The molecule has 0 aliphatic heterocycles. The number of methoxy groups -OCH3 is 1. The van der Waals surface area contributed by atoms with E-state index in [0.29, 0.717) is 25.8 Å². The predicted molar refractivity (Wildman–Crippen MR) is 78.5 cm³/mol. The average Bonchev–Trinajstić information content (AvgIpc) is 2.74. The Morgan fingerprint density at radius 2 is 2.00 bits per heavy atom. The summed E-state index contributed by atoms with van der Waals surface area (Å²) in [6, 6.07) is 6.87. The number of carbonyl (C=O) groups excluding carboxylic acids is 1. The maximum atomic E-state index is 11.9. The van der Waals surface area contributed by atoms with Crippen LogP contribution in [-0.4, -0.2) is 17.9 Å². The number of rotatable bonds is 4. The van der Waals surface area contributed by atoms with Crippen LogP contribution < -0.4 is 4.74 Å². The highest BCUT2D eigenvalue weighted by Crippen LogP contribution is 2.27. The lowest BCUT2D eigenvalue weighted by molar-refractivity contribution is 0.104. The summed E-state index contributed by atoms with van der Waals surface area (Å²) >= 11 is 12.8. The van der Waals surface area contributed by atoms with Gasteiger partial charge in [0.2, 0.25) is 0 Å². The summed E-state index contributed by atoms with van der Waals surface area (Å²) in [6.45, 7) is 0. The van der Waals surface area contributed by atoms with Crippen LogP contribution in [0.15, 0.2) is 30.3 Å². The second-order valence-corrected chi connectivity index (χ2v) is 5.52. The lowest BCUT2D eigenvalue weighted by atomic mass is 10.1. The van der Waals surface area contributed by atoms with E-state index in [9.17, 15) is 4.79 Å². The number of aromatic nitrogens is 1. The van der Waals surface area contributed by atoms with Crippen LogP contribution in [0.4, 0.5) is 0 Å². The zero-order valence-corrected chi connectivity index (χ0v) is 12.2. The van der Waals surface area contributed by atoms with Gasteiger partial charge in [-0.2, -0.15) is 0 Å². The Balaban J connectivity index is 2.14. The van der Waals surface area contributed by atoms with E-state index >= 15 is 0 Å². The van der Waals surface area contributed by atoms with Gasteiger partial charge in [-0.15, -0.1) is 11.3 Å². The number of nitrogens with zero attached hydrogens (tertiary/aromatic N) is 1. The van der Waals surface area contributed by atoms with Crippen LogP contribution in [0.25, 0.3) is 6.08 Å². The summed E-state index contributed by atoms with van der Waals surface area (Å²) in [7, 11) is 1.58. The fraction of sp³-hybridized carbons (Fsp3) is 0.0769. The van der Waals surface area contributed by atoms with Crippen LogP contribution in [0.2, 0.25) is 9.62 Å². The molecule has 3 nitrogen and oxygen atoms in total. The first-order valence-electron chi connectivity index (χ1n) is 5.28. The van der Waals surface area contributed by atoms with E-state index in [0.717, 1.165) is 0 Å². The highest BCUT2D eigenvalue weighted by atomic mass is 35.5. The SMILES string of the molecule is COc1ccc(C(=O)C=Cc2sc(Cl)nc2Cl)cc1. The molecule has 0 atom stereocenters. The molecule has 2 rings (SSSR count). The van der Waals surface area contributed by atoms with Gasteiger partial charge < -0.3 is 4.74 Å². The molecule has 0 saturated heterocycles. The molecule has 1 heterocycles. The van der Waals surface area contributed by atoms with Gasteiger partial charge in [0.05, 0.1) is 12.0 Å². The molecule has 0 amide bonds. The molecule has 0 aliphatic rings. The normalized spacial score (nSPS) is 10.9. The zero-order chi connectivity index (χ0) is 13.8. The van der Waals surface area contributed by atoms with E-state index in [4.69, 9.17) is 27.9 Å². The number of hydrogen-bond acceptors (Lipinski definition) is 4. The van der Waals surface area contributed by atoms with Crippen LogP contribution in [0.1, 0.15) is 15.2 Å². The summed E-state index contributed by atoms with van der Waals surface area (Å²) in [5, 5.41) is 0.300. The Bertz CT molecular complexity index is 620. The number of halogens is 2. The fourth-order valence-corrected chi connectivity index (χ4v) is 2.67. The third kappa shape index (κ3) is 3.56. The highest BCUT2D eigenvalue weighted by molar-refractivity contribution is 7.17. The van der Waals surface area contributed by atoms with E-state index in [2.05, 4.69) is 4.98 Å². The monoisotopic (exact) mass is 313 g/mol. The molecule has 1 aromatic carbocycles. The van der Waals surface area contributed by atoms with Crippen molar-refractivity contribution in [2.24, 2.45) is 0 Å². The number of thiazole rings is 1. The fourth-order valence-electron chi connectivity index (χ4n) is 1.39. The lowest BCUT2D eigenvalue weighted by Crippen LogP contribution is -1.93. The van der Waals surface area contributed by atoms with Crippen LogP contribution >= 0.6 is 34.5 Å². The number of benzene rings is 1. The van der Waals surface area contributed by atoms with E-state index in [1.54, 1.807) is 37.5 Å². The molecule has 0 bridgehead atoms. The van der Waals surface area contributed by atoms with Crippen LogP contribution in [0.3, 0.4) is 0 Å². The van der Waals surface area contributed by atoms with Crippen LogP contribution in [0.5, 0.6) is 5.75 Å². The third-order valence-corrected chi connectivity index (χ3v) is 3.87. The summed E-state index contributed by atoms with van der Waals surface area (Å²) in [4.78, 5) is 16.4. The molecule has 98 valence electrons. The van der Waals surface area contributed by atoms with Gasteiger partial charge in [0.25, 0.3) is 0 Å². The first-order valence-corrected chi connectivity index (χ1v) is 6.85. The molecular formula is C13H9Cl2NO2S. The largest absolute Gasteiger partial charge is 0.497 e. The second kappa shape index (κ2) is 6.19. The summed E-state index contributed by atoms with van der Waals surface area (Å²) in [5.41, 5.74) is 0.573. The smallest absolute Gasteiger partial charge is 0.185 e. The molecule has 19 heavy (non-hydrogen) atoms. The molecule has 0 saturated carbocycles. The molecule has 0 aliphatic carbocycles. The molecule has 0 N–H and O–H groups in total. The molecule has 0 radical (unpaired) electrons. The Morgan fingerprint density at radius 3 is 2.53 bits per heavy atom. The summed E-state index contributed by atoms with van der Waals surface area (Å²) in [6.07, 6.45) is 3.05. The summed E-state index contributed by atoms with van der Waals surface area (Å²) in [5.74, 6) is 0.584. The standard InChI is InChI=1S/C13H9Cl2NO2S/c1-18-9-4-2-8(3-5-9)10(17)6-7-11-12(14)16-13(15)19-11/h2-7H,1H3. The zero-order valence-electron chi connectivity index (χ0n) is 9.89. The molecule has 1 aromatic heterocycles. The quantitative estimate of drug-likeness (QED) is 0.622. The minimum absolute atomic E-state index is 0.122. The first-order chi connectivity index (χ1) is 9.10. The van der Waals surface area contributed by atoms with Gasteiger partial charge in [-0.1, -0.05) is 23.2 Å². The minimum atomic E-state index is -0.122. The van der Waals surface area contributed by atoms with Crippen molar-refractivity contribution >= 4 is 46.4 Å². The number of ketones is 1.